The molecule has 0 aliphatic rings. The number of carbonyl (C=O) groups excluding carboxylic acids is 1. The van der Waals surface area contributed by atoms with Gasteiger partial charge in [-0.3, -0.25) is 9.59 Å². The SMILES string of the molecule is COCC(C)n1c(C)c(C(=O)NCc2c(OC)cc(C)[nH]c2=O)c2scnc21. The Labute approximate surface area is 166 Å². The summed E-state index contributed by atoms with van der Waals surface area (Å²) in [5.74, 6) is 0.199. The summed E-state index contributed by atoms with van der Waals surface area (Å²) in [6.45, 7) is 6.28. The number of H-pyrrole nitrogens is 1. The molecule has 0 aromatic carbocycles. The standard InChI is InChI=1S/C19H24N4O4S/c1-10-6-14(27-5)13(18(24)22-10)7-20-19(25)15-12(3)23(11(2)8-26-4)17-16(15)28-9-21-17/h6,9,11H,7-8H2,1-5H3,(H,20,25)(H,22,24). The van der Waals surface area contributed by atoms with Crippen LogP contribution in [0.5, 0.6) is 5.75 Å². The maximum absolute atomic E-state index is 13.0. The van der Waals surface area contributed by atoms with Crippen molar-refractivity contribution >= 4 is 27.6 Å². The van der Waals surface area contributed by atoms with Crippen molar-refractivity contribution in [2.45, 2.75) is 33.4 Å². The fraction of sp³-hybridized carbons (Fsp3) is 0.421. The predicted molar refractivity (Wildman–Crippen MR) is 108 cm³/mol. The van der Waals surface area contributed by atoms with Crippen molar-refractivity contribution in [2.75, 3.05) is 20.8 Å². The van der Waals surface area contributed by atoms with E-state index in [0.717, 1.165) is 16.0 Å². The van der Waals surface area contributed by atoms with Crippen molar-refractivity contribution in [3.8, 4) is 5.75 Å². The molecule has 3 heterocycles. The zero-order valence-electron chi connectivity index (χ0n) is 16.6. The number of ether oxygens (including phenoxy) is 2. The summed E-state index contributed by atoms with van der Waals surface area (Å²) in [6, 6.07) is 1.77. The van der Waals surface area contributed by atoms with E-state index in [1.165, 1.54) is 18.4 Å². The number of aryl methyl sites for hydroxylation is 1. The van der Waals surface area contributed by atoms with Crippen LogP contribution in [0.4, 0.5) is 0 Å². The Morgan fingerprint density at radius 2 is 2.14 bits per heavy atom. The van der Waals surface area contributed by atoms with E-state index in [1.807, 2.05) is 18.4 Å². The highest BCUT2D eigenvalue weighted by molar-refractivity contribution is 7.17. The molecule has 9 heteroatoms. The number of aromatic amines is 1. The first kappa shape index (κ1) is 20.1. The molecule has 0 aliphatic heterocycles. The average Bonchev–Trinajstić information content (AvgIpc) is 3.19. The Morgan fingerprint density at radius 3 is 2.82 bits per heavy atom. The van der Waals surface area contributed by atoms with Crippen LogP contribution in [0.25, 0.3) is 10.3 Å². The number of thiazole rings is 1. The molecule has 2 N–H and O–H groups in total. The molecule has 0 saturated heterocycles. The number of pyridine rings is 1. The van der Waals surface area contributed by atoms with Crippen LogP contribution in [0.1, 0.15) is 40.3 Å². The molecule has 3 aromatic rings. The van der Waals surface area contributed by atoms with Crippen LogP contribution in [0.2, 0.25) is 0 Å². The second-order valence-corrected chi connectivity index (χ2v) is 7.51. The summed E-state index contributed by atoms with van der Waals surface area (Å²) >= 11 is 1.42. The normalized spacial score (nSPS) is 12.3. The minimum Gasteiger partial charge on any atom is -0.496 e. The van der Waals surface area contributed by atoms with Crippen LogP contribution in [0.3, 0.4) is 0 Å². The van der Waals surface area contributed by atoms with Crippen LogP contribution in [-0.2, 0) is 11.3 Å². The molecule has 28 heavy (non-hydrogen) atoms. The quantitative estimate of drug-likeness (QED) is 0.631. The molecule has 0 fully saturated rings. The van der Waals surface area contributed by atoms with Crippen molar-refractivity contribution in [3.63, 3.8) is 0 Å². The number of rotatable bonds is 7. The number of nitrogens with zero attached hydrogens (tertiary/aromatic N) is 2. The number of hydrogen-bond acceptors (Lipinski definition) is 6. The molecule has 0 aliphatic carbocycles. The minimum absolute atomic E-state index is 0.0381. The first-order valence-electron chi connectivity index (χ1n) is 8.86. The van der Waals surface area contributed by atoms with Gasteiger partial charge in [0.1, 0.15) is 5.75 Å². The lowest BCUT2D eigenvalue weighted by Gasteiger charge is -2.16. The Hall–Kier alpha value is -2.65. The van der Waals surface area contributed by atoms with Crippen molar-refractivity contribution < 1.29 is 14.3 Å². The second-order valence-electron chi connectivity index (χ2n) is 6.65. The van der Waals surface area contributed by atoms with E-state index in [9.17, 15) is 9.59 Å². The lowest BCUT2D eigenvalue weighted by Crippen LogP contribution is -2.28. The number of nitrogens with one attached hydrogen (secondary N) is 2. The molecule has 3 rings (SSSR count). The van der Waals surface area contributed by atoms with Crippen LogP contribution in [-0.4, -0.2) is 41.3 Å². The van der Waals surface area contributed by atoms with Gasteiger partial charge in [-0.05, 0) is 26.8 Å². The predicted octanol–water partition coefficient (Wildman–Crippen LogP) is 2.55. The summed E-state index contributed by atoms with van der Waals surface area (Å²) in [6.07, 6.45) is 0. The van der Waals surface area contributed by atoms with Gasteiger partial charge >= 0.3 is 0 Å². The van der Waals surface area contributed by atoms with Crippen molar-refractivity contribution in [1.29, 1.82) is 0 Å². The first-order chi connectivity index (χ1) is 13.4. The minimum atomic E-state index is -0.275. The summed E-state index contributed by atoms with van der Waals surface area (Å²) in [4.78, 5) is 32.4. The lowest BCUT2D eigenvalue weighted by atomic mass is 10.2. The third kappa shape index (κ3) is 3.55. The molecule has 150 valence electrons. The monoisotopic (exact) mass is 404 g/mol. The fourth-order valence-corrected chi connectivity index (χ4v) is 4.31. The molecule has 1 unspecified atom stereocenters. The van der Waals surface area contributed by atoms with Gasteiger partial charge in [-0.15, -0.1) is 11.3 Å². The van der Waals surface area contributed by atoms with E-state index in [2.05, 4.69) is 15.3 Å². The fourth-order valence-electron chi connectivity index (χ4n) is 3.44. The van der Waals surface area contributed by atoms with Gasteiger partial charge in [-0.25, -0.2) is 4.98 Å². The Bertz CT molecular complexity index is 1070. The number of amides is 1. The third-order valence-corrected chi connectivity index (χ3v) is 5.51. The van der Waals surface area contributed by atoms with E-state index in [-0.39, 0.29) is 24.1 Å². The molecule has 1 atom stereocenters. The molecule has 0 bridgehead atoms. The lowest BCUT2D eigenvalue weighted by molar-refractivity contribution is 0.0951. The summed E-state index contributed by atoms with van der Waals surface area (Å²) < 4.78 is 13.4. The van der Waals surface area contributed by atoms with Crippen LogP contribution >= 0.6 is 11.3 Å². The topological polar surface area (TPSA) is 98.2 Å². The van der Waals surface area contributed by atoms with Gasteiger partial charge in [0.05, 0.1) is 47.6 Å². The maximum atomic E-state index is 13.0. The Morgan fingerprint density at radius 1 is 1.39 bits per heavy atom. The van der Waals surface area contributed by atoms with E-state index < -0.39 is 0 Å². The van der Waals surface area contributed by atoms with E-state index in [4.69, 9.17) is 9.47 Å². The Kier molecular flexibility index (Phi) is 5.85. The van der Waals surface area contributed by atoms with Crippen LogP contribution in [0, 0.1) is 13.8 Å². The van der Waals surface area contributed by atoms with Crippen molar-refractivity contribution in [2.24, 2.45) is 0 Å². The largest absolute Gasteiger partial charge is 0.496 e. The van der Waals surface area contributed by atoms with Crippen LogP contribution < -0.4 is 15.6 Å². The van der Waals surface area contributed by atoms with E-state index >= 15 is 0 Å². The average molecular weight is 404 g/mol. The van der Waals surface area contributed by atoms with Gasteiger partial charge in [0.2, 0.25) is 0 Å². The Balaban J connectivity index is 1.92. The summed E-state index contributed by atoms with van der Waals surface area (Å²) in [7, 11) is 3.15. The number of aromatic nitrogens is 3. The maximum Gasteiger partial charge on any atom is 0.256 e. The summed E-state index contributed by atoms with van der Waals surface area (Å²) in [5, 5.41) is 2.85. The number of carbonyl (C=O) groups is 1. The number of hydrogen-bond donors (Lipinski definition) is 2. The van der Waals surface area contributed by atoms with Gasteiger partial charge in [-0.2, -0.15) is 0 Å². The molecule has 0 saturated carbocycles. The summed E-state index contributed by atoms with van der Waals surface area (Å²) in [5.41, 5.74) is 4.69. The molecular formula is C19H24N4O4S. The molecule has 1 amide bonds. The molecule has 3 aromatic heterocycles. The highest BCUT2D eigenvalue weighted by Gasteiger charge is 2.24. The first-order valence-corrected chi connectivity index (χ1v) is 9.74. The van der Waals surface area contributed by atoms with Gasteiger partial charge in [0.15, 0.2) is 5.65 Å². The molecule has 0 radical (unpaired) electrons. The number of fused-ring (bicyclic) bond motifs is 1. The smallest absolute Gasteiger partial charge is 0.256 e. The van der Waals surface area contributed by atoms with Gasteiger partial charge in [-0.1, -0.05) is 0 Å². The van der Waals surface area contributed by atoms with Gasteiger partial charge < -0.3 is 24.3 Å². The van der Waals surface area contributed by atoms with Gasteiger partial charge in [0, 0.05) is 18.5 Å². The highest BCUT2D eigenvalue weighted by atomic mass is 32.1. The highest BCUT2D eigenvalue weighted by Crippen LogP contribution is 2.31. The zero-order chi connectivity index (χ0) is 20.4. The number of methoxy groups -OCH3 is 2. The molecular weight excluding hydrogens is 380 g/mol. The zero-order valence-corrected chi connectivity index (χ0v) is 17.4. The third-order valence-electron chi connectivity index (χ3n) is 4.68. The molecule has 8 nitrogen and oxygen atoms in total. The van der Waals surface area contributed by atoms with E-state index in [0.29, 0.717) is 29.2 Å². The molecule has 0 spiro atoms. The van der Waals surface area contributed by atoms with Crippen LogP contribution in [0.15, 0.2) is 16.4 Å². The second kappa shape index (κ2) is 8.15. The van der Waals surface area contributed by atoms with E-state index in [1.54, 1.807) is 25.6 Å². The van der Waals surface area contributed by atoms with Crippen molar-refractivity contribution in [1.82, 2.24) is 19.9 Å². The van der Waals surface area contributed by atoms with Gasteiger partial charge in [0.25, 0.3) is 11.5 Å². The van der Waals surface area contributed by atoms with Crippen molar-refractivity contribution in [3.05, 3.63) is 44.4 Å².